The molecule has 1 aromatic carbocycles. The number of hydrogen-bond acceptors (Lipinski definition) is 2. The maximum atomic E-state index is 12.7. The maximum Gasteiger partial charge on any atom is 0.123 e. The highest BCUT2D eigenvalue weighted by Gasteiger charge is 1.97. The molecule has 0 unspecified atom stereocenters. The third-order valence-electron chi connectivity index (χ3n) is 2.44. The molecule has 1 aromatic heterocycles. The van der Waals surface area contributed by atoms with E-state index in [0.29, 0.717) is 6.54 Å². The Morgan fingerprint density at radius 3 is 2.62 bits per heavy atom. The van der Waals surface area contributed by atoms with Crippen LogP contribution in [0.5, 0.6) is 0 Å². The number of pyridine rings is 1. The SMILES string of the molecule is Cc1ccncc1NCc1ccc(F)cc1. The van der Waals surface area contributed by atoms with Gasteiger partial charge in [-0.15, -0.1) is 0 Å². The Hall–Kier alpha value is -1.90. The first-order valence-electron chi connectivity index (χ1n) is 5.14. The van der Waals surface area contributed by atoms with E-state index in [0.717, 1.165) is 16.8 Å². The topological polar surface area (TPSA) is 24.9 Å². The molecule has 0 aliphatic heterocycles. The number of benzene rings is 1. The van der Waals surface area contributed by atoms with E-state index < -0.39 is 0 Å². The van der Waals surface area contributed by atoms with Gasteiger partial charge in [0.25, 0.3) is 0 Å². The third-order valence-corrected chi connectivity index (χ3v) is 2.44. The van der Waals surface area contributed by atoms with Crippen molar-refractivity contribution in [3.05, 3.63) is 59.7 Å². The van der Waals surface area contributed by atoms with Gasteiger partial charge in [-0.1, -0.05) is 12.1 Å². The Labute approximate surface area is 94.2 Å². The lowest BCUT2D eigenvalue weighted by Crippen LogP contribution is -2.01. The number of rotatable bonds is 3. The number of aromatic nitrogens is 1. The third kappa shape index (κ3) is 2.57. The summed E-state index contributed by atoms with van der Waals surface area (Å²) >= 11 is 0. The molecule has 0 aliphatic rings. The van der Waals surface area contributed by atoms with Crippen LogP contribution in [0.1, 0.15) is 11.1 Å². The summed E-state index contributed by atoms with van der Waals surface area (Å²) in [4.78, 5) is 4.05. The number of anilines is 1. The van der Waals surface area contributed by atoms with Crippen LogP contribution in [0.25, 0.3) is 0 Å². The van der Waals surface area contributed by atoms with Crippen molar-refractivity contribution in [2.45, 2.75) is 13.5 Å². The van der Waals surface area contributed by atoms with Crippen molar-refractivity contribution in [1.82, 2.24) is 4.98 Å². The highest BCUT2D eigenvalue weighted by atomic mass is 19.1. The first-order valence-corrected chi connectivity index (χ1v) is 5.14. The second kappa shape index (κ2) is 4.75. The van der Waals surface area contributed by atoms with Crippen LogP contribution >= 0.6 is 0 Å². The molecule has 0 amide bonds. The highest BCUT2D eigenvalue weighted by molar-refractivity contribution is 5.48. The second-order valence-electron chi connectivity index (χ2n) is 3.67. The van der Waals surface area contributed by atoms with Gasteiger partial charge in [0.15, 0.2) is 0 Å². The zero-order valence-electron chi connectivity index (χ0n) is 9.07. The fourth-order valence-corrected chi connectivity index (χ4v) is 1.45. The minimum absolute atomic E-state index is 0.207. The fraction of sp³-hybridized carbons (Fsp3) is 0.154. The Morgan fingerprint density at radius 1 is 1.19 bits per heavy atom. The van der Waals surface area contributed by atoms with Crippen LogP contribution in [-0.4, -0.2) is 4.98 Å². The maximum absolute atomic E-state index is 12.7. The van der Waals surface area contributed by atoms with Crippen molar-refractivity contribution >= 4 is 5.69 Å². The average molecular weight is 216 g/mol. The predicted octanol–water partition coefficient (Wildman–Crippen LogP) is 3.14. The predicted molar refractivity (Wildman–Crippen MR) is 62.7 cm³/mol. The van der Waals surface area contributed by atoms with E-state index in [1.165, 1.54) is 12.1 Å². The van der Waals surface area contributed by atoms with Gasteiger partial charge in [0.05, 0.1) is 11.9 Å². The molecule has 0 saturated heterocycles. The molecule has 0 radical (unpaired) electrons. The molecule has 82 valence electrons. The van der Waals surface area contributed by atoms with Crippen molar-refractivity contribution in [3.8, 4) is 0 Å². The number of aryl methyl sites for hydroxylation is 1. The van der Waals surface area contributed by atoms with Gasteiger partial charge in [0, 0.05) is 12.7 Å². The molecule has 0 fully saturated rings. The standard InChI is InChI=1S/C13H13FN2/c1-10-6-7-15-9-13(10)16-8-11-2-4-12(14)5-3-11/h2-7,9,16H,8H2,1H3. The molecule has 0 atom stereocenters. The van der Waals surface area contributed by atoms with Gasteiger partial charge in [-0.05, 0) is 36.2 Å². The lowest BCUT2D eigenvalue weighted by Gasteiger charge is -2.08. The molecule has 16 heavy (non-hydrogen) atoms. The van der Waals surface area contributed by atoms with E-state index in [4.69, 9.17) is 0 Å². The summed E-state index contributed by atoms with van der Waals surface area (Å²) in [5.41, 5.74) is 3.20. The largest absolute Gasteiger partial charge is 0.380 e. The van der Waals surface area contributed by atoms with Crippen LogP contribution in [0.4, 0.5) is 10.1 Å². The summed E-state index contributed by atoms with van der Waals surface area (Å²) in [6.07, 6.45) is 3.55. The van der Waals surface area contributed by atoms with Crippen LogP contribution in [0.15, 0.2) is 42.7 Å². The molecule has 1 heterocycles. The molecule has 0 bridgehead atoms. The molecular weight excluding hydrogens is 203 g/mol. The van der Waals surface area contributed by atoms with Gasteiger partial charge < -0.3 is 5.32 Å². The van der Waals surface area contributed by atoms with Crippen molar-refractivity contribution in [3.63, 3.8) is 0 Å². The van der Waals surface area contributed by atoms with Crippen LogP contribution in [-0.2, 0) is 6.54 Å². The van der Waals surface area contributed by atoms with Crippen LogP contribution < -0.4 is 5.32 Å². The molecular formula is C13H13FN2. The van der Waals surface area contributed by atoms with Crippen molar-refractivity contribution in [2.75, 3.05) is 5.32 Å². The first-order chi connectivity index (χ1) is 7.75. The molecule has 0 saturated carbocycles. The lowest BCUT2D eigenvalue weighted by molar-refractivity contribution is 0.627. The number of halogens is 1. The van der Waals surface area contributed by atoms with Gasteiger partial charge in [0.2, 0.25) is 0 Å². The van der Waals surface area contributed by atoms with E-state index in [2.05, 4.69) is 10.3 Å². The van der Waals surface area contributed by atoms with Crippen LogP contribution in [0, 0.1) is 12.7 Å². The van der Waals surface area contributed by atoms with Gasteiger partial charge in [-0.25, -0.2) is 4.39 Å². The molecule has 0 spiro atoms. The minimum atomic E-state index is -0.207. The van der Waals surface area contributed by atoms with Crippen molar-refractivity contribution in [1.29, 1.82) is 0 Å². The summed E-state index contributed by atoms with van der Waals surface area (Å²) in [6, 6.07) is 8.43. The molecule has 2 rings (SSSR count). The Morgan fingerprint density at radius 2 is 1.94 bits per heavy atom. The Bertz CT molecular complexity index is 466. The summed E-state index contributed by atoms with van der Waals surface area (Å²) in [5, 5.41) is 3.26. The van der Waals surface area contributed by atoms with Crippen molar-refractivity contribution in [2.24, 2.45) is 0 Å². The quantitative estimate of drug-likeness (QED) is 0.852. The van der Waals surface area contributed by atoms with E-state index in [-0.39, 0.29) is 5.82 Å². The van der Waals surface area contributed by atoms with E-state index >= 15 is 0 Å². The first kappa shape index (κ1) is 10.6. The summed E-state index contributed by atoms with van der Waals surface area (Å²) < 4.78 is 12.7. The van der Waals surface area contributed by atoms with E-state index in [9.17, 15) is 4.39 Å². The number of nitrogens with zero attached hydrogens (tertiary/aromatic N) is 1. The summed E-state index contributed by atoms with van der Waals surface area (Å²) in [6.45, 7) is 2.70. The minimum Gasteiger partial charge on any atom is -0.380 e. The molecule has 0 aliphatic carbocycles. The van der Waals surface area contributed by atoms with E-state index in [1.807, 2.05) is 13.0 Å². The monoisotopic (exact) mass is 216 g/mol. The summed E-state index contributed by atoms with van der Waals surface area (Å²) in [5.74, 6) is -0.207. The molecule has 1 N–H and O–H groups in total. The van der Waals surface area contributed by atoms with Crippen LogP contribution in [0.3, 0.4) is 0 Å². The van der Waals surface area contributed by atoms with Gasteiger partial charge in [-0.2, -0.15) is 0 Å². The highest BCUT2D eigenvalue weighted by Crippen LogP contribution is 2.13. The van der Waals surface area contributed by atoms with E-state index in [1.54, 1.807) is 24.5 Å². The molecule has 3 heteroatoms. The summed E-state index contributed by atoms with van der Waals surface area (Å²) in [7, 11) is 0. The zero-order valence-corrected chi connectivity index (χ0v) is 9.07. The zero-order chi connectivity index (χ0) is 11.4. The normalized spacial score (nSPS) is 10.1. The molecule has 2 nitrogen and oxygen atoms in total. The average Bonchev–Trinajstić information content (AvgIpc) is 2.30. The molecule has 2 aromatic rings. The fourth-order valence-electron chi connectivity index (χ4n) is 1.45. The Kier molecular flexibility index (Phi) is 3.15. The second-order valence-corrected chi connectivity index (χ2v) is 3.67. The Balaban J connectivity index is 2.02. The van der Waals surface area contributed by atoms with Gasteiger partial charge >= 0.3 is 0 Å². The number of nitrogens with one attached hydrogen (secondary N) is 1. The van der Waals surface area contributed by atoms with Crippen LogP contribution in [0.2, 0.25) is 0 Å². The number of hydrogen-bond donors (Lipinski definition) is 1. The lowest BCUT2D eigenvalue weighted by atomic mass is 10.2. The van der Waals surface area contributed by atoms with Gasteiger partial charge in [-0.3, -0.25) is 4.98 Å². The smallest absolute Gasteiger partial charge is 0.123 e. The van der Waals surface area contributed by atoms with Gasteiger partial charge in [0.1, 0.15) is 5.82 Å². The van der Waals surface area contributed by atoms with Crippen molar-refractivity contribution < 1.29 is 4.39 Å².